The van der Waals surface area contributed by atoms with Gasteiger partial charge in [0.2, 0.25) is 0 Å². The average Bonchev–Trinajstić information content (AvgIpc) is 2.74. The summed E-state index contributed by atoms with van der Waals surface area (Å²) in [6.07, 6.45) is 5.29. The van der Waals surface area contributed by atoms with E-state index in [-0.39, 0.29) is 0 Å². The van der Waals surface area contributed by atoms with E-state index < -0.39 is 0 Å². The molecule has 1 aliphatic carbocycles. The molecular formula is C13H23N3S. The Bertz CT molecular complexity index is 350. The Kier molecular flexibility index (Phi) is 4.54. The fraction of sp³-hybridized carbons (Fsp3) is 0.769. The molecule has 2 N–H and O–H groups in total. The van der Waals surface area contributed by atoms with Crippen LogP contribution in [0.2, 0.25) is 0 Å². The summed E-state index contributed by atoms with van der Waals surface area (Å²) in [5, 5.41) is 3.36. The van der Waals surface area contributed by atoms with Crippen LogP contribution < -0.4 is 5.73 Å². The molecule has 96 valence electrons. The van der Waals surface area contributed by atoms with Gasteiger partial charge in [0.1, 0.15) is 5.01 Å². The van der Waals surface area contributed by atoms with E-state index in [1.807, 2.05) is 0 Å². The van der Waals surface area contributed by atoms with Gasteiger partial charge in [-0.15, -0.1) is 11.3 Å². The van der Waals surface area contributed by atoms with Gasteiger partial charge in [-0.05, 0) is 39.3 Å². The van der Waals surface area contributed by atoms with Gasteiger partial charge < -0.3 is 5.73 Å². The minimum Gasteiger partial charge on any atom is -0.330 e. The lowest BCUT2D eigenvalue weighted by Gasteiger charge is -2.37. The molecule has 0 amide bonds. The van der Waals surface area contributed by atoms with Gasteiger partial charge in [0.05, 0.1) is 6.54 Å². The highest BCUT2D eigenvalue weighted by Gasteiger charge is 2.27. The van der Waals surface area contributed by atoms with E-state index in [4.69, 9.17) is 5.73 Å². The molecule has 0 aromatic carbocycles. The number of aryl methyl sites for hydroxylation is 1. The van der Waals surface area contributed by atoms with Crippen LogP contribution in [0.25, 0.3) is 0 Å². The summed E-state index contributed by atoms with van der Waals surface area (Å²) in [7, 11) is 2.22. The van der Waals surface area contributed by atoms with E-state index >= 15 is 0 Å². The first-order valence-corrected chi connectivity index (χ1v) is 7.40. The topological polar surface area (TPSA) is 42.1 Å². The van der Waals surface area contributed by atoms with Crippen LogP contribution in [-0.4, -0.2) is 29.5 Å². The molecule has 0 bridgehead atoms. The van der Waals surface area contributed by atoms with Crippen molar-refractivity contribution in [2.45, 2.75) is 45.2 Å². The van der Waals surface area contributed by atoms with E-state index in [1.54, 1.807) is 11.3 Å². The van der Waals surface area contributed by atoms with Crippen molar-refractivity contribution in [3.8, 4) is 0 Å². The van der Waals surface area contributed by atoms with Crippen LogP contribution in [0.15, 0.2) is 5.38 Å². The summed E-state index contributed by atoms with van der Waals surface area (Å²) in [4.78, 5) is 7.00. The van der Waals surface area contributed by atoms with E-state index in [1.165, 1.54) is 30.7 Å². The molecule has 0 spiro atoms. The molecule has 0 radical (unpaired) electrons. The van der Waals surface area contributed by atoms with Crippen LogP contribution in [0.3, 0.4) is 0 Å². The number of aromatic nitrogens is 1. The Balaban J connectivity index is 1.95. The fourth-order valence-electron chi connectivity index (χ4n) is 2.85. The minimum absolute atomic E-state index is 0.651. The van der Waals surface area contributed by atoms with Crippen molar-refractivity contribution in [2.75, 3.05) is 13.6 Å². The summed E-state index contributed by atoms with van der Waals surface area (Å²) in [5.41, 5.74) is 7.03. The van der Waals surface area contributed by atoms with Gasteiger partial charge in [-0.1, -0.05) is 12.8 Å². The second kappa shape index (κ2) is 5.94. The third-order valence-corrected chi connectivity index (χ3v) is 4.74. The maximum absolute atomic E-state index is 5.89. The van der Waals surface area contributed by atoms with Crippen molar-refractivity contribution in [1.82, 2.24) is 9.88 Å². The van der Waals surface area contributed by atoms with Gasteiger partial charge >= 0.3 is 0 Å². The molecule has 0 aliphatic heterocycles. The quantitative estimate of drug-likeness (QED) is 0.896. The van der Waals surface area contributed by atoms with Crippen molar-refractivity contribution < 1.29 is 0 Å². The summed E-state index contributed by atoms with van der Waals surface area (Å²) in [6.45, 7) is 3.86. The zero-order valence-electron chi connectivity index (χ0n) is 10.9. The molecule has 1 aromatic rings. The second-order valence-corrected chi connectivity index (χ2v) is 6.09. The standard InChI is InChI=1S/C13H23N3S/c1-10-9-17-13(15-10)8-16(2)12-6-4-3-5-11(12)7-14/h9,11-12H,3-8,14H2,1-2H3. The highest BCUT2D eigenvalue weighted by atomic mass is 32.1. The minimum atomic E-state index is 0.651. The smallest absolute Gasteiger partial charge is 0.107 e. The molecule has 4 heteroatoms. The lowest BCUT2D eigenvalue weighted by molar-refractivity contribution is 0.127. The number of hydrogen-bond donors (Lipinski definition) is 1. The monoisotopic (exact) mass is 253 g/mol. The molecule has 2 atom stereocenters. The van der Waals surface area contributed by atoms with Crippen molar-refractivity contribution in [3.05, 3.63) is 16.1 Å². The van der Waals surface area contributed by atoms with Crippen LogP contribution in [0, 0.1) is 12.8 Å². The summed E-state index contributed by atoms with van der Waals surface area (Å²) < 4.78 is 0. The van der Waals surface area contributed by atoms with E-state index in [0.717, 1.165) is 18.8 Å². The Morgan fingerprint density at radius 2 is 2.24 bits per heavy atom. The summed E-state index contributed by atoms with van der Waals surface area (Å²) >= 11 is 1.77. The second-order valence-electron chi connectivity index (χ2n) is 5.15. The van der Waals surface area contributed by atoms with Gasteiger partial charge in [-0.25, -0.2) is 4.98 Å². The van der Waals surface area contributed by atoms with Crippen LogP contribution in [0.4, 0.5) is 0 Å². The number of nitrogens with two attached hydrogens (primary N) is 1. The molecule has 2 unspecified atom stereocenters. The normalized spacial score (nSPS) is 25.4. The van der Waals surface area contributed by atoms with Gasteiger partial charge in [-0.2, -0.15) is 0 Å². The first-order chi connectivity index (χ1) is 8.20. The van der Waals surface area contributed by atoms with Crippen molar-refractivity contribution in [1.29, 1.82) is 0 Å². The molecular weight excluding hydrogens is 230 g/mol. The Hall–Kier alpha value is -0.450. The van der Waals surface area contributed by atoms with Gasteiger partial charge in [0.25, 0.3) is 0 Å². The van der Waals surface area contributed by atoms with E-state index in [0.29, 0.717) is 12.0 Å². The Labute approximate surface area is 108 Å². The van der Waals surface area contributed by atoms with Crippen LogP contribution in [0.1, 0.15) is 36.4 Å². The molecule has 1 saturated carbocycles. The Morgan fingerprint density at radius 3 is 2.88 bits per heavy atom. The molecule has 3 nitrogen and oxygen atoms in total. The number of thiazole rings is 1. The fourth-order valence-corrected chi connectivity index (χ4v) is 3.68. The molecule has 1 aliphatic rings. The molecule has 2 rings (SSSR count). The van der Waals surface area contributed by atoms with Crippen LogP contribution in [0.5, 0.6) is 0 Å². The van der Waals surface area contributed by atoms with Crippen LogP contribution >= 0.6 is 11.3 Å². The van der Waals surface area contributed by atoms with Gasteiger partial charge in [-0.3, -0.25) is 4.90 Å². The van der Waals surface area contributed by atoms with Crippen LogP contribution in [-0.2, 0) is 6.54 Å². The number of rotatable bonds is 4. The number of hydrogen-bond acceptors (Lipinski definition) is 4. The van der Waals surface area contributed by atoms with E-state index in [9.17, 15) is 0 Å². The number of nitrogens with zero attached hydrogens (tertiary/aromatic N) is 2. The molecule has 1 heterocycles. The lowest BCUT2D eigenvalue weighted by atomic mass is 9.84. The highest BCUT2D eigenvalue weighted by molar-refractivity contribution is 7.09. The summed E-state index contributed by atoms with van der Waals surface area (Å²) in [6, 6.07) is 0.651. The third-order valence-electron chi connectivity index (χ3n) is 3.79. The largest absolute Gasteiger partial charge is 0.330 e. The average molecular weight is 253 g/mol. The third kappa shape index (κ3) is 3.27. The predicted molar refractivity (Wildman–Crippen MR) is 73.1 cm³/mol. The molecule has 1 aromatic heterocycles. The maximum Gasteiger partial charge on any atom is 0.107 e. The first kappa shape index (κ1) is 13.0. The van der Waals surface area contributed by atoms with Crippen molar-refractivity contribution in [3.63, 3.8) is 0 Å². The van der Waals surface area contributed by atoms with E-state index in [2.05, 4.69) is 29.2 Å². The molecule has 1 fully saturated rings. The predicted octanol–water partition coefficient (Wildman–Crippen LogP) is 2.40. The van der Waals surface area contributed by atoms with Crippen molar-refractivity contribution in [2.24, 2.45) is 11.7 Å². The van der Waals surface area contributed by atoms with Gasteiger partial charge in [0, 0.05) is 17.1 Å². The van der Waals surface area contributed by atoms with Crippen molar-refractivity contribution >= 4 is 11.3 Å². The molecule has 17 heavy (non-hydrogen) atoms. The Morgan fingerprint density at radius 1 is 1.47 bits per heavy atom. The zero-order chi connectivity index (χ0) is 12.3. The molecule has 0 saturated heterocycles. The SMILES string of the molecule is Cc1csc(CN(C)C2CCCCC2CN)n1. The summed E-state index contributed by atoms with van der Waals surface area (Å²) in [5.74, 6) is 0.676. The lowest BCUT2D eigenvalue weighted by Crippen LogP contribution is -2.42. The first-order valence-electron chi connectivity index (χ1n) is 6.52. The highest BCUT2D eigenvalue weighted by Crippen LogP contribution is 2.28. The zero-order valence-corrected chi connectivity index (χ0v) is 11.7. The maximum atomic E-state index is 5.89. The van der Waals surface area contributed by atoms with Gasteiger partial charge in [0.15, 0.2) is 0 Å².